The summed E-state index contributed by atoms with van der Waals surface area (Å²) in [6, 6.07) is 7.81. The van der Waals surface area contributed by atoms with Crippen molar-refractivity contribution in [1.82, 2.24) is 15.1 Å². The van der Waals surface area contributed by atoms with E-state index in [1.165, 1.54) is 6.42 Å². The van der Waals surface area contributed by atoms with E-state index in [2.05, 4.69) is 10.4 Å². The molecule has 0 aliphatic heterocycles. The molecule has 1 amide bonds. The van der Waals surface area contributed by atoms with Crippen molar-refractivity contribution in [2.24, 2.45) is 11.7 Å². The number of nitrogens with zero attached hydrogens (tertiary/aromatic N) is 2. The van der Waals surface area contributed by atoms with Crippen molar-refractivity contribution in [2.75, 3.05) is 6.54 Å². The molecule has 1 aliphatic carbocycles. The van der Waals surface area contributed by atoms with Crippen molar-refractivity contribution in [3.8, 4) is 0 Å². The Morgan fingerprint density at radius 2 is 2.12 bits per heavy atom. The first-order valence-electron chi connectivity index (χ1n) is 8.44. The number of carbonyl (C=O) groups excluding carboxylic acids is 1. The Morgan fingerprint density at radius 1 is 1.33 bits per heavy atom. The van der Waals surface area contributed by atoms with Crippen LogP contribution in [-0.4, -0.2) is 28.3 Å². The van der Waals surface area contributed by atoms with Crippen LogP contribution in [0, 0.1) is 5.92 Å². The highest BCUT2D eigenvalue weighted by Gasteiger charge is 2.26. The summed E-state index contributed by atoms with van der Waals surface area (Å²) in [5.41, 5.74) is 7.38. The van der Waals surface area contributed by atoms with Crippen LogP contribution >= 0.6 is 11.6 Å². The lowest BCUT2D eigenvalue weighted by Gasteiger charge is -2.31. The van der Waals surface area contributed by atoms with E-state index < -0.39 is 0 Å². The Balaban J connectivity index is 1.64. The zero-order valence-electron chi connectivity index (χ0n) is 13.6. The van der Waals surface area contributed by atoms with Crippen molar-refractivity contribution >= 4 is 17.5 Å². The van der Waals surface area contributed by atoms with Gasteiger partial charge in [0.25, 0.3) is 5.91 Å². The van der Waals surface area contributed by atoms with Gasteiger partial charge in [0, 0.05) is 17.3 Å². The van der Waals surface area contributed by atoms with Gasteiger partial charge < -0.3 is 11.1 Å². The predicted molar refractivity (Wildman–Crippen MR) is 95.0 cm³/mol. The van der Waals surface area contributed by atoms with E-state index in [4.69, 9.17) is 17.3 Å². The maximum Gasteiger partial charge on any atom is 0.254 e. The van der Waals surface area contributed by atoms with Gasteiger partial charge in [0.1, 0.15) is 0 Å². The molecule has 2 atom stereocenters. The number of benzene rings is 1. The molecule has 1 heterocycles. The van der Waals surface area contributed by atoms with Gasteiger partial charge in [0.15, 0.2) is 0 Å². The van der Waals surface area contributed by atoms with Gasteiger partial charge in [0.05, 0.1) is 18.3 Å². The number of halogens is 1. The van der Waals surface area contributed by atoms with E-state index in [9.17, 15) is 4.79 Å². The third-order valence-electron chi connectivity index (χ3n) is 4.71. The summed E-state index contributed by atoms with van der Waals surface area (Å²) >= 11 is 6.17. The number of hydrogen-bond acceptors (Lipinski definition) is 3. The molecule has 1 aliphatic rings. The highest BCUT2D eigenvalue weighted by molar-refractivity contribution is 6.31. The summed E-state index contributed by atoms with van der Waals surface area (Å²) in [5.74, 6) is 0.298. The first-order chi connectivity index (χ1) is 11.7. The highest BCUT2D eigenvalue weighted by Crippen LogP contribution is 2.24. The quantitative estimate of drug-likeness (QED) is 0.874. The van der Waals surface area contributed by atoms with E-state index in [0.717, 1.165) is 24.8 Å². The van der Waals surface area contributed by atoms with Gasteiger partial charge in [0.2, 0.25) is 0 Å². The molecule has 1 aromatic carbocycles. The van der Waals surface area contributed by atoms with Gasteiger partial charge in [-0.25, -0.2) is 0 Å². The first-order valence-corrected chi connectivity index (χ1v) is 8.82. The van der Waals surface area contributed by atoms with E-state index in [1.807, 2.05) is 24.3 Å². The summed E-state index contributed by atoms with van der Waals surface area (Å²) in [7, 11) is 0. The smallest absolute Gasteiger partial charge is 0.254 e. The topological polar surface area (TPSA) is 72.9 Å². The largest absolute Gasteiger partial charge is 0.349 e. The summed E-state index contributed by atoms with van der Waals surface area (Å²) in [6.45, 7) is 1.17. The molecule has 3 N–H and O–H groups in total. The Morgan fingerprint density at radius 3 is 2.92 bits per heavy atom. The van der Waals surface area contributed by atoms with Crippen LogP contribution in [0.4, 0.5) is 0 Å². The fraction of sp³-hybridized carbons (Fsp3) is 0.444. The average molecular weight is 347 g/mol. The molecule has 128 valence electrons. The van der Waals surface area contributed by atoms with Crippen LogP contribution in [0.2, 0.25) is 5.02 Å². The summed E-state index contributed by atoms with van der Waals surface area (Å²) in [6.07, 6.45) is 7.80. The van der Waals surface area contributed by atoms with Crippen LogP contribution in [0.3, 0.4) is 0 Å². The number of nitrogens with one attached hydrogen (secondary N) is 1. The lowest BCUT2D eigenvalue weighted by molar-refractivity contribution is 0.0908. The number of nitrogens with two attached hydrogens (primary N) is 1. The van der Waals surface area contributed by atoms with Crippen LogP contribution in [0.25, 0.3) is 0 Å². The third kappa shape index (κ3) is 3.97. The normalized spacial score (nSPS) is 20.8. The molecule has 24 heavy (non-hydrogen) atoms. The van der Waals surface area contributed by atoms with Crippen LogP contribution in [0.15, 0.2) is 36.7 Å². The molecular weight excluding hydrogens is 324 g/mol. The molecule has 2 aromatic rings. The maximum atomic E-state index is 12.5. The Bertz CT molecular complexity index is 700. The van der Waals surface area contributed by atoms with Gasteiger partial charge in [-0.05, 0) is 36.9 Å². The van der Waals surface area contributed by atoms with Crippen molar-refractivity contribution in [1.29, 1.82) is 0 Å². The van der Waals surface area contributed by atoms with Crippen molar-refractivity contribution < 1.29 is 4.79 Å². The van der Waals surface area contributed by atoms with E-state index >= 15 is 0 Å². The molecule has 1 fully saturated rings. The van der Waals surface area contributed by atoms with Gasteiger partial charge in [-0.15, -0.1) is 0 Å². The van der Waals surface area contributed by atoms with Crippen LogP contribution in [0.5, 0.6) is 0 Å². The second-order valence-electron chi connectivity index (χ2n) is 6.38. The van der Waals surface area contributed by atoms with E-state index in [0.29, 0.717) is 29.6 Å². The van der Waals surface area contributed by atoms with Gasteiger partial charge in [-0.1, -0.05) is 42.6 Å². The standard InChI is InChI=1S/C18H23ClN4O/c19-16-7-3-1-6-14(16)11-23-12-15(10-21-23)18(24)22-17-8-4-2-5-13(17)9-20/h1,3,6-7,10,12-13,17H,2,4-5,8-9,11,20H2,(H,22,24). The fourth-order valence-corrected chi connectivity index (χ4v) is 3.50. The van der Waals surface area contributed by atoms with Crippen LogP contribution in [0.1, 0.15) is 41.6 Å². The second-order valence-corrected chi connectivity index (χ2v) is 6.79. The molecular formula is C18H23ClN4O. The van der Waals surface area contributed by atoms with Crippen LogP contribution in [-0.2, 0) is 6.54 Å². The lowest BCUT2D eigenvalue weighted by Crippen LogP contribution is -2.44. The van der Waals surface area contributed by atoms with Gasteiger partial charge >= 0.3 is 0 Å². The summed E-state index contributed by atoms with van der Waals surface area (Å²) < 4.78 is 1.73. The van der Waals surface area contributed by atoms with Crippen molar-refractivity contribution in [2.45, 2.75) is 38.3 Å². The average Bonchev–Trinajstić information content (AvgIpc) is 3.06. The Labute approximate surface area is 147 Å². The minimum Gasteiger partial charge on any atom is -0.349 e. The minimum absolute atomic E-state index is 0.0780. The summed E-state index contributed by atoms with van der Waals surface area (Å²) in [4.78, 5) is 12.5. The van der Waals surface area contributed by atoms with Crippen molar-refractivity contribution in [3.63, 3.8) is 0 Å². The molecule has 0 bridgehead atoms. The molecule has 0 saturated heterocycles. The molecule has 1 aromatic heterocycles. The molecule has 0 radical (unpaired) electrons. The molecule has 5 nitrogen and oxygen atoms in total. The van der Waals surface area contributed by atoms with Crippen molar-refractivity contribution in [3.05, 3.63) is 52.8 Å². The second kappa shape index (κ2) is 7.81. The molecule has 2 unspecified atom stereocenters. The monoisotopic (exact) mass is 346 g/mol. The number of amides is 1. The third-order valence-corrected chi connectivity index (χ3v) is 5.08. The fourth-order valence-electron chi connectivity index (χ4n) is 3.30. The van der Waals surface area contributed by atoms with Gasteiger partial charge in [-0.2, -0.15) is 5.10 Å². The molecule has 3 rings (SSSR count). The zero-order chi connectivity index (χ0) is 16.9. The van der Waals surface area contributed by atoms with E-state index in [1.54, 1.807) is 17.1 Å². The minimum atomic E-state index is -0.0780. The van der Waals surface area contributed by atoms with Crippen LogP contribution < -0.4 is 11.1 Å². The Kier molecular flexibility index (Phi) is 5.53. The number of rotatable bonds is 5. The summed E-state index contributed by atoms with van der Waals surface area (Å²) in [5, 5.41) is 8.11. The van der Waals surface area contributed by atoms with Gasteiger partial charge in [-0.3, -0.25) is 9.48 Å². The highest BCUT2D eigenvalue weighted by atomic mass is 35.5. The zero-order valence-corrected chi connectivity index (χ0v) is 14.4. The van der Waals surface area contributed by atoms with E-state index in [-0.39, 0.29) is 11.9 Å². The number of carbonyl (C=O) groups is 1. The maximum absolute atomic E-state index is 12.5. The number of aromatic nitrogens is 2. The predicted octanol–water partition coefficient (Wildman–Crippen LogP) is 2.83. The first kappa shape index (κ1) is 17.0. The lowest BCUT2D eigenvalue weighted by atomic mass is 9.84. The molecule has 6 heteroatoms. The Hall–Kier alpha value is -1.85. The molecule has 0 spiro atoms. The molecule has 1 saturated carbocycles. The number of hydrogen-bond donors (Lipinski definition) is 2. The SMILES string of the molecule is NCC1CCCCC1NC(=O)c1cnn(Cc2ccccc2Cl)c1.